The summed E-state index contributed by atoms with van der Waals surface area (Å²) in [4.78, 5) is 22.1. The number of para-hydroxylation sites is 1. The largest absolute Gasteiger partial charge is 0.378 e. The molecule has 0 unspecified atom stereocenters. The van der Waals surface area contributed by atoms with Gasteiger partial charge in [0, 0.05) is 23.7 Å². The van der Waals surface area contributed by atoms with Crippen LogP contribution >= 0.6 is 22.9 Å². The Morgan fingerprint density at radius 3 is 2.50 bits per heavy atom. The number of ether oxygens (including phenoxy) is 1. The molecule has 5 aromatic rings. The van der Waals surface area contributed by atoms with Gasteiger partial charge in [0.2, 0.25) is 0 Å². The predicted molar refractivity (Wildman–Crippen MR) is 149 cm³/mol. The molecule has 7 heteroatoms. The molecule has 2 aromatic heterocycles. The molecule has 3 aromatic carbocycles. The van der Waals surface area contributed by atoms with E-state index >= 15 is 0 Å². The zero-order valence-electron chi connectivity index (χ0n) is 19.8. The first-order valence-electron chi connectivity index (χ1n) is 11.9. The fourth-order valence-corrected chi connectivity index (χ4v) is 5.97. The highest BCUT2D eigenvalue weighted by Crippen LogP contribution is 2.43. The zero-order chi connectivity index (χ0) is 24.6. The van der Waals surface area contributed by atoms with E-state index in [-0.39, 0.29) is 5.56 Å². The van der Waals surface area contributed by atoms with Gasteiger partial charge < -0.3 is 9.64 Å². The normalized spacial score (nSPS) is 13.9. The van der Waals surface area contributed by atoms with Crippen LogP contribution < -0.4 is 10.5 Å². The number of benzene rings is 3. The highest BCUT2D eigenvalue weighted by atomic mass is 35.5. The van der Waals surface area contributed by atoms with E-state index in [1.54, 1.807) is 15.9 Å². The Balaban J connectivity index is 1.62. The summed E-state index contributed by atoms with van der Waals surface area (Å²) in [5, 5.41) is 2.45. The van der Waals surface area contributed by atoms with E-state index in [0.29, 0.717) is 35.0 Å². The molecule has 0 bridgehead atoms. The third-order valence-electron chi connectivity index (χ3n) is 6.42. The lowest BCUT2D eigenvalue weighted by molar-refractivity contribution is 0.123. The SMILES string of the molecule is Cc1cccc(-n2c(-c3cc(-c4ccc(Cl)cc4)c(N4CCOCC4)s3)nc3ccccc3c2=O)c1. The minimum Gasteiger partial charge on any atom is -0.378 e. The number of thiophene rings is 1. The molecule has 0 saturated carbocycles. The Bertz CT molecular complexity index is 1620. The first kappa shape index (κ1) is 23.0. The number of rotatable bonds is 4. The molecule has 180 valence electrons. The Morgan fingerprint density at radius 2 is 1.72 bits per heavy atom. The molecular formula is C29H24ClN3O2S. The zero-order valence-corrected chi connectivity index (χ0v) is 21.4. The molecule has 5 nitrogen and oxygen atoms in total. The monoisotopic (exact) mass is 513 g/mol. The molecule has 0 spiro atoms. The lowest BCUT2D eigenvalue weighted by Crippen LogP contribution is -2.35. The first-order valence-corrected chi connectivity index (χ1v) is 13.1. The smallest absolute Gasteiger partial charge is 0.266 e. The Hall–Kier alpha value is -3.45. The van der Waals surface area contributed by atoms with Gasteiger partial charge in [0.1, 0.15) is 0 Å². The molecule has 1 saturated heterocycles. The number of anilines is 1. The van der Waals surface area contributed by atoms with Crippen LogP contribution in [0.3, 0.4) is 0 Å². The van der Waals surface area contributed by atoms with Crippen molar-refractivity contribution in [2.24, 2.45) is 0 Å². The summed E-state index contributed by atoms with van der Waals surface area (Å²) in [5.74, 6) is 0.643. The first-order chi connectivity index (χ1) is 17.6. The topological polar surface area (TPSA) is 47.4 Å². The maximum Gasteiger partial charge on any atom is 0.266 e. The molecular weight excluding hydrogens is 490 g/mol. The van der Waals surface area contributed by atoms with E-state index in [4.69, 9.17) is 21.3 Å². The highest BCUT2D eigenvalue weighted by molar-refractivity contribution is 7.20. The van der Waals surface area contributed by atoms with Gasteiger partial charge in [-0.3, -0.25) is 9.36 Å². The molecule has 6 rings (SSSR count). The second kappa shape index (κ2) is 9.54. The van der Waals surface area contributed by atoms with Crippen LogP contribution in [0.1, 0.15) is 5.56 Å². The maximum atomic E-state index is 13.8. The third-order valence-corrected chi connectivity index (χ3v) is 7.87. The summed E-state index contributed by atoms with van der Waals surface area (Å²) in [6.07, 6.45) is 0. The van der Waals surface area contributed by atoms with Gasteiger partial charge in [-0.05, 0) is 60.5 Å². The van der Waals surface area contributed by atoms with Gasteiger partial charge in [0.25, 0.3) is 5.56 Å². The molecule has 0 radical (unpaired) electrons. The van der Waals surface area contributed by atoms with Crippen LogP contribution in [0.5, 0.6) is 0 Å². The van der Waals surface area contributed by atoms with E-state index in [0.717, 1.165) is 45.3 Å². The van der Waals surface area contributed by atoms with Crippen molar-refractivity contribution in [3.05, 3.63) is 99.8 Å². The number of morpholine rings is 1. The number of hydrogen-bond donors (Lipinski definition) is 0. The second-order valence-corrected chi connectivity index (χ2v) is 10.3. The fourth-order valence-electron chi connectivity index (χ4n) is 4.63. The van der Waals surface area contributed by atoms with E-state index in [9.17, 15) is 4.79 Å². The van der Waals surface area contributed by atoms with E-state index in [1.165, 1.54) is 0 Å². The molecule has 3 heterocycles. The van der Waals surface area contributed by atoms with E-state index < -0.39 is 0 Å². The van der Waals surface area contributed by atoms with Crippen molar-refractivity contribution in [2.45, 2.75) is 6.92 Å². The van der Waals surface area contributed by atoms with Crippen molar-refractivity contribution in [3.8, 4) is 27.5 Å². The molecule has 0 amide bonds. The van der Waals surface area contributed by atoms with Gasteiger partial charge in [0.15, 0.2) is 5.82 Å². The number of halogens is 1. The summed E-state index contributed by atoms with van der Waals surface area (Å²) in [7, 11) is 0. The van der Waals surface area contributed by atoms with Crippen LogP contribution in [0.4, 0.5) is 5.00 Å². The number of aryl methyl sites for hydroxylation is 1. The number of fused-ring (bicyclic) bond motifs is 1. The van der Waals surface area contributed by atoms with Crippen molar-refractivity contribution >= 4 is 38.8 Å². The molecule has 0 atom stereocenters. The average molecular weight is 514 g/mol. The van der Waals surface area contributed by atoms with Gasteiger partial charge in [-0.2, -0.15) is 0 Å². The van der Waals surface area contributed by atoms with Gasteiger partial charge in [-0.15, -0.1) is 11.3 Å². The highest BCUT2D eigenvalue weighted by Gasteiger charge is 2.23. The summed E-state index contributed by atoms with van der Waals surface area (Å²) < 4.78 is 7.36. The quantitative estimate of drug-likeness (QED) is 0.272. The van der Waals surface area contributed by atoms with Crippen LogP contribution in [0.15, 0.2) is 83.7 Å². The van der Waals surface area contributed by atoms with Crippen molar-refractivity contribution in [3.63, 3.8) is 0 Å². The number of aromatic nitrogens is 2. The summed E-state index contributed by atoms with van der Waals surface area (Å²) in [5.41, 5.74) is 4.69. The van der Waals surface area contributed by atoms with Crippen LogP contribution in [-0.2, 0) is 4.74 Å². The minimum absolute atomic E-state index is 0.0736. The standard InChI is InChI=1S/C29H24ClN3O2S/c1-19-5-4-6-22(17-19)33-27(31-25-8-3-2-7-23(25)28(33)34)26-18-24(20-9-11-21(30)12-10-20)29(36-26)32-13-15-35-16-14-32/h2-12,17-18H,13-16H2,1H3. The van der Waals surface area contributed by atoms with E-state index in [1.807, 2.05) is 79.7 Å². The van der Waals surface area contributed by atoms with Crippen molar-refractivity contribution in [1.29, 1.82) is 0 Å². The summed E-state index contributed by atoms with van der Waals surface area (Å²) in [6, 6.07) is 25.6. The van der Waals surface area contributed by atoms with Crippen LogP contribution in [0.25, 0.3) is 38.4 Å². The second-order valence-electron chi connectivity index (χ2n) is 8.87. The van der Waals surface area contributed by atoms with Gasteiger partial charge >= 0.3 is 0 Å². The Kier molecular flexibility index (Phi) is 6.09. The van der Waals surface area contributed by atoms with Crippen molar-refractivity contribution < 1.29 is 4.74 Å². The lowest BCUT2D eigenvalue weighted by atomic mass is 10.1. The lowest BCUT2D eigenvalue weighted by Gasteiger charge is -2.28. The molecule has 1 aliphatic heterocycles. The Morgan fingerprint density at radius 1 is 0.944 bits per heavy atom. The third kappa shape index (κ3) is 4.22. The number of nitrogens with zero attached hydrogens (tertiary/aromatic N) is 3. The van der Waals surface area contributed by atoms with Gasteiger partial charge in [0.05, 0.1) is 39.7 Å². The van der Waals surface area contributed by atoms with Crippen LogP contribution in [0, 0.1) is 6.92 Å². The predicted octanol–water partition coefficient (Wildman–Crippen LogP) is 6.58. The molecule has 0 aliphatic carbocycles. The van der Waals surface area contributed by atoms with Crippen LogP contribution in [-0.4, -0.2) is 35.9 Å². The minimum atomic E-state index is -0.0736. The summed E-state index contributed by atoms with van der Waals surface area (Å²) in [6.45, 7) is 5.04. The molecule has 1 fully saturated rings. The van der Waals surface area contributed by atoms with Gasteiger partial charge in [-0.1, -0.05) is 48.0 Å². The Labute approximate surface area is 218 Å². The van der Waals surface area contributed by atoms with Crippen molar-refractivity contribution in [1.82, 2.24) is 9.55 Å². The molecule has 0 N–H and O–H groups in total. The van der Waals surface area contributed by atoms with Gasteiger partial charge in [-0.25, -0.2) is 4.98 Å². The maximum absolute atomic E-state index is 13.8. The fraction of sp³-hybridized carbons (Fsp3) is 0.172. The number of hydrogen-bond acceptors (Lipinski definition) is 5. The summed E-state index contributed by atoms with van der Waals surface area (Å²) >= 11 is 7.85. The molecule has 36 heavy (non-hydrogen) atoms. The van der Waals surface area contributed by atoms with Crippen molar-refractivity contribution in [2.75, 3.05) is 31.2 Å². The van der Waals surface area contributed by atoms with Crippen LogP contribution in [0.2, 0.25) is 5.02 Å². The molecule has 1 aliphatic rings. The average Bonchev–Trinajstić information content (AvgIpc) is 3.35. The van der Waals surface area contributed by atoms with E-state index in [2.05, 4.69) is 11.0 Å².